The summed E-state index contributed by atoms with van der Waals surface area (Å²) in [5.74, 6) is -3.68. The van der Waals surface area contributed by atoms with Crippen LogP contribution in [0.3, 0.4) is 0 Å². The Bertz CT molecular complexity index is 1760. The Morgan fingerprint density at radius 1 is 0.812 bits per heavy atom. The minimum atomic E-state index is -1.78. The summed E-state index contributed by atoms with van der Waals surface area (Å²) in [6, 6.07) is 28.7. The Morgan fingerprint density at radius 2 is 1.40 bits per heavy atom. The molecule has 0 radical (unpaired) electrons. The summed E-state index contributed by atoms with van der Waals surface area (Å²) in [6.45, 7) is 6.22. The lowest BCUT2D eigenvalue weighted by Gasteiger charge is -2.44. The highest BCUT2D eigenvalue weighted by molar-refractivity contribution is 9.10. The number of carbonyl (C=O) groups excluding carboxylic acids is 3. The molecule has 1 aliphatic rings. The van der Waals surface area contributed by atoms with Gasteiger partial charge in [-0.1, -0.05) is 64.5 Å². The highest BCUT2D eigenvalue weighted by Gasteiger charge is 2.56. The molecule has 0 saturated heterocycles. The fourth-order valence-corrected chi connectivity index (χ4v) is 6.64. The number of ether oxygens (including phenoxy) is 3. The maximum absolute atomic E-state index is 14.2. The van der Waals surface area contributed by atoms with Crippen molar-refractivity contribution >= 4 is 44.9 Å². The van der Waals surface area contributed by atoms with E-state index in [1.165, 1.54) is 6.92 Å². The molecule has 48 heavy (non-hydrogen) atoms. The number of hydrogen-bond donors (Lipinski definition) is 3. The molecule has 9 nitrogen and oxygen atoms in total. The van der Waals surface area contributed by atoms with Crippen molar-refractivity contribution in [1.82, 2.24) is 0 Å². The minimum Gasteiger partial charge on any atom is -0.492 e. The second-order valence-corrected chi connectivity index (χ2v) is 12.7. The molecule has 2 amide bonds. The first kappa shape index (κ1) is 34.7. The predicted octanol–water partition coefficient (Wildman–Crippen LogP) is 7.14. The topological polar surface area (TPSA) is 123 Å². The van der Waals surface area contributed by atoms with Gasteiger partial charge in [-0.15, -0.1) is 0 Å². The number of anilines is 2. The summed E-state index contributed by atoms with van der Waals surface area (Å²) in [6.07, 6.45) is -0.395. The van der Waals surface area contributed by atoms with Gasteiger partial charge in [0.2, 0.25) is 11.8 Å². The molecule has 1 saturated carbocycles. The van der Waals surface area contributed by atoms with E-state index in [1.54, 1.807) is 72.8 Å². The highest BCUT2D eigenvalue weighted by atomic mass is 79.9. The summed E-state index contributed by atoms with van der Waals surface area (Å²) >= 11 is 3.47. The number of halogens is 1. The van der Waals surface area contributed by atoms with Crippen LogP contribution in [0.15, 0.2) is 102 Å². The molecule has 5 rings (SSSR count). The van der Waals surface area contributed by atoms with Crippen LogP contribution in [0.5, 0.6) is 17.2 Å². The molecule has 250 valence electrons. The van der Waals surface area contributed by atoms with Crippen LogP contribution < -0.4 is 24.8 Å². The molecule has 4 atom stereocenters. The fourth-order valence-electron chi connectivity index (χ4n) is 6.20. The summed E-state index contributed by atoms with van der Waals surface area (Å²) in [4.78, 5) is 42.2. The number of Topliss-reactive ketones (excluding diaryl/α,β-unsaturated/α-hetero) is 1. The number of nitrogens with one attached hydrogen (secondary N) is 2. The Kier molecular flexibility index (Phi) is 11.2. The number of amides is 2. The molecule has 0 bridgehead atoms. The van der Waals surface area contributed by atoms with Gasteiger partial charge < -0.3 is 30.0 Å². The zero-order valence-corrected chi connectivity index (χ0v) is 28.7. The summed E-state index contributed by atoms with van der Waals surface area (Å²) < 4.78 is 18.4. The number of ketones is 1. The van der Waals surface area contributed by atoms with E-state index < -0.39 is 47.4 Å². The Hall–Kier alpha value is -4.67. The van der Waals surface area contributed by atoms with Gasteiger partial charge >= 0.3 is 0 Å². The van der Waals surface area contributed by atoms with Crippen LogP contribution in [0, 0.1) is 11.8 Å². The first-order valence-electron chi connectivity index (χ1n) is 15.9. The zero-order valence-electron chi connectivity index (χ0n) is 27.1. The number of rotatable bonds is 12. The highest BCUT2D eigenvalue weighted by Crippen LogP contribution is 2.47. The van der Waals surface area contributed by atoms with E-state index in [2.05, 4.69) is 26.6 Å². The van der Waals surface area contributed by atoms with Crippen LogP contribution in [0.1, 0.15) is 44.2 Å². The molecule has 1 fully saturated rings. The van der Waals surface area contributed by atoms with Gasteiger partial charge in [0, 0.05) is 16.8 Å². The van der Waals surface area contributed by atoms with Crippen LogP contribution in [0.4, 0.5) is 11.4 Å². The molecule has 4 aromatic rings. The fraction of sp³-hybridized carbons (Fsp3) is 0.289. The molecular formula is C38H39BrN2O7. The molecule has 1 aliphatic carbocycles. The molecule has 4 unspecified atom stereocenters. The maximum Gasteiger partial charge on any atom is 0.235 e. The smallest absolute Gasteiger partial charge is 0.235 e. The summed E-state index contributed by atoms with van der Waals surface area (Å²) in [5.41, 5.74) is 0.530. The first-order chi connectivity index (χ1) is 23.1. The zero-order chi connectivity index (χ0) is 34.3. The minimum absolute atomic E-state index is 0.323. The lowest BCUT2D eigenvalue weighted by molar-refractivity contribution is -0.150. The van der Waals surface area contributed by atoms with Crippen molar-refractivity contribution in [2.75, 3.05) is 23.8 Å². The van der Waals surface area contributed by atoms with Crippen LogP contribution in [0.2, 0.25) is 0 Å². The van der Waals surface area contributed by atoms with Gasteiger partial charge in [-0.2, -0.15) is 0 Å². The van der Waals surface area contributed by atoms with Crippen LogP contribution >= 0.6 is 15.9 Å². The molecule has 3 N–H and O–H groups in total. The van der Waals surface area contributed by atoms with Gasteiger partial charge in [0.25, 0.3) is 0 Å². The van der Waals surface area contributed by atoms with E-state index in [9.17, 15) is 19.5 Å². The van der Waals surface area contributed by atoms with Crippen molar-refractivity contribution in [2.24, 2.45) is 11.8 Å². The van der Waals surface area contributed by atoms with Gasteiger partial charge in [-0.3, -0.25) is 14.4 Å². The predicted molar refractivity (Wildman–Crippen MR) is 187 cm³/mol. The second kappa shape index (κ2) is 15.5. The van der Waals surface area contributed by atoms with Crippen molar-refractivity contribution in [2.45, 2.75) is 45.3 Å². The van der Waals surface area contributed by atoms with Gasteiger partial charge in [0.15, 0.2) is 0 Å². The van der Waals surface area contributed by atoms with Gasteiger partial charge in [0.1, 0.15) is 35.6 Å². The quantitative estimate of drug-likeness (QED) is 0.133. The standard InChI is InChI=1S/C38H39BrN2O7/c1-4-46-31-15-8-6-13-28(31)40-36(43)34-30(42)22-38(3,45)35(37(44)41-29-14-7-9-16-32(29)47-5-2)33(34)25-17-19-27(20-18-25)48-23-24-11-10-12-26(39)21-24/h6-21,33-35,45H,4-5,22-23H2,1-3H3,(H,40,43)(H,41,44). The first-order valence-corrected chi connectivity index (χ1v) is 16.7. The molecule has 4 aromatic carbocycles. The SMILES string of the molecule is CCOc1ccccc1NC(=O)C1C(=O)CC(C)(O)C(C(=O)Nc2ccccc2OCC)C1c1ccc(OCc2cccc(Br)c2)cc1. The largest absolute Gasteiger partial charge is 0.492 e. The number of hydrogen-bond acceptors (Lipinski definition) is 7. The molecule has 0 aliphatic heterocycles. The van der Waals surface area contributed by atoms with Crippen molar-refractivity contribution in [3.8, 4) is 17.2 Å². The van der Waals surface area contributed by atoms with Gasteiger partial charge in [-0.05, 0) is 80.4 Å². The molecular weight excluding hydrogens is 676 g/mol. The lowest BCUT2D eigenvalue weighted by atomic mass is 9.61. The number of para-hydroxylation sites is 4. The molecule has 0 spiro atoms. The van der Waals surface area contributed by atoms with E-state index in [-0.39, 0.29) is 0 Å². The van der Waals surface area contributed by atoms with Crippen molar-refractivity contribution in [1.29, 1.82) is 0 Å². The second-order valence-electron chi connectivity index (χ2n) is 11.8. The summed E-state index contributed by atoms with van der Waals surface area (Å²) in [7, 11) is 0. The summed E-state index contributed by atoms with van der Waals surface area (Å²) in [5, 5.41) is 17.5. The number of carbonyl (C=O) groups is 3. The van der Waals surface area contributed by atoms with E-state index in [0.717, 1.165) is 10.0 Å². The lowest BCUT2D eigenvalue weighted by Crippen LogP contribution is -2.56. The van der Waals surface area contributed by atoms with Crippen LogP contribution in [-0.2, 0) is 21.0 Å². The Morgan fingerprint density at radius 3 is 1.98 bits per heavy atom. The van der Waals surface area contributed by atoms with E-state index in [4.69, 9.17) is 14.2 Å². The van der Waals surface area contributed by atoms with Gasteiger partial charge in [-0.25, -0.2) is 0 Å². The average Bonchev–Trinajstić information content (AvgIpc) is 3.05. The normalized spacial score (nSPS) is 20.4. The average molecular weight is 716 g/mol. The number of aliphatic hydroxyl groups is 1. The van der Waals surface area contributed by atoms with Crippen LogP contribution in [0.25, 0.3) is 0 Å². The van der Waals surface area contributed by atoms with E-state index in [1.807, 2.05) is 38.1 Å². The third-order valence-electron chi connectivity index (χ3n) is 8.28. The maximum atomic E-state index is 14.2. The molecule has 10 heteroatoms. The van der Waals surface area contributed by atoms with Crippen LogP contribution in [-0.4, -0.2) is 41.5 Å². The third-order valence-corrected chi connectivity index (χ3v) is 8.77. The third kappa shape index (κ3) is 8.06. The monoisotopic (exact) mass is 714 g/mol. The Labute approximate surface area is 288 Å². The molecule has 0 aromatic heterocycles. The van der Waals surface area contributed by atoms with E-state index in [0.29, 0.717) is 54.0 Å². The Balaban J connectivity index is 1.51. The van der Waals surface area contributed by atoms with E-state index >= 15 is 0 Å². The van der Waals surface area contributed by atoms with Crippen molar-refractivity contribution < 1.29 is 33.7 Å². The van der Waals surface area contributed by atoms with Crippen molar-refractivity contribution in [3.63, 3.8) is 0 Å². The number of benzene rings is 4. The van der Waals surface area contributed by atoms with Crippen molar-refractivity contribution in [3.05, 3.63) is 113 Å². The molecule has 0 heterocycles. The van der Waals surface area contributed by atoms with Gasteiger partial charge in [0.05, 0.1) is 36.1 Å².